The van der Waals surface area contributed by atoms with Crippen LogP contribution in [0.3, 0.4) is 0 Å². The zero-order chi connectivity index (χ0) is 18.4. The predicted molar refractivity (Wildman–Crippen MR) is 103 cm³/mol. The van der Waals surface area contributed by atoms with Crippen LogP contribution >= 0.6 is 0 Å². The molecule has 0 bridgehead atoms. The Bertz CT molecular complexity index is 891. The summed E-state index contributed by atoms with van der Waals surface area (Å²) in [6.07, 6.45) is 0. The predicted octanol–water partition coefficient (Wildman–Crippen LogP) is 4.83. The highest BCUT2D eigenvalue weighted by molar-refractivity contribution is 6.04. The van der Waals surface area contributed by atoms with Gasteiger partial charge in [0.25, 0.3) is 5.91 Å². The third kappa shape index (κ3) is 4.42. The molecule has 4 nitrogen and oxygen atoms in total. The van der Waals surface area contributed by atoms with Crippen molar-refractivity contribution in [1.29, 1.82) is 0 Å². The van der Waals surface area contributed by atoms with Crippen LogP contribution in [0.15, 0.2) is 72.8 Å². The van der Waals surface area contributed by atoms with Gasteiger partial charge in [-0.15, -0.1) is 0 Å². The van der Waals surface area contributed by atoms with E-state index in [4.69, 9.17) is 9.47 Å². The lowest BCUT2D eigenvalue weighted by atomic mass is 10.1. The van der Waals surface area contributed by atoms with E-state index in [1.54, 1.807) is 25.3 Å². The number of aryl methyl sites for hydroxylation is 1. The molecule has 0 aliphatic heterocycles. The van der Waals surface area contributed by atoms with Crippen LogP contribution in [0.25, 0.3) is 0 Å². The Kier molecular flexibility index (Phi) is 5.54. The summed E-state index contributed by atoms with van der Waals surface area (Å²) in [6, 6.07) is 22.7. The molecular formula is C22H21NO3. The Morgan fingerprint density at radius 1 is 0.923 bits per heavy atom. The van der Waals surface area contributed by atoms with E-state index in [2.05, 4.69) is 5.32 Å². The second kappa shape index (κ2) is 8.21. The van der Waals surface area contributed by atoms with E-state index in [1.165, 1.54) is 0 Å². The van der Waals surface area contributed by atoms with Gasteiger partial charge in [-0.3, -0.25) is 4.79 Å². The Hall–Kier alpha value is -3.27. The van der Waals surface area contributed by atoms with Crippen LogP contribution in [-0.4, -0.2) is 13.0 Å². The number of hydrogen-bond donors (Lipinski definition) is 1. The van der Waals surface area contributed by atoms with Gasteiger partial charge in [0.2, 0.25) is 0 Å². The second-order valence-electron chi connectivity index (χ2n) is 5.96. The molecule has 1 amide bonds. The van der Waals surface area contributed by atoms with Gasteiger partial charge in [0.15, 0.2) is 11.5 Å². The SMILES string of the molecule is COc1cc(C(=O)Nc2cccc(C)c2)ccc1OCc1ccccc1. The van der Waals surface area contributed by atoms with Crippen molar-refractivity contribution in [3.8, 4) is 11.5 Å². The number of amides is 1. The fourth-order valence-electron chi connectivity index (χ4n) is 2.59. The third-order valence-corrected chi connectivity index (χ3v) is 3.94. The molecule has 0 heterocycles. The average Bonchev–Trinajstić information content (AvgIpc) is 2.67. The number of nitrogens with one attached hydrogen (secondary N) is 1. The fourth-order valence-corrected chi connectivity index (χ4v) is 2.59. The summed E-state index contributed by atoms with van der Waals surface area (Å²) < 4.78 is 11.2. The van der Waals surface area contributed by atoms with Crippen LogP contribution in [0, 0.1) is 6.92 Å². The van der Waals surface area contributed by atoms with Gasteiger partial charge in [-0.05, 0) is 48.4 Å². The Morgan fingerprint density at radius 3 is 2.46 bits per heavy atom. The number of benzene rings is 3. The summed E-state index contributed by atoms with van der Waals surface area (Å²) in [5.74, 6) is 0.935. The first-order valence-electron chi connectivity index (χ1n) is 8.38. The van der Waals surface area contributed by atoms with E-state index in [-0.39, 0.29) is 5.91 Å². The monoisotopic (exact) mass is 347 g/mol. The molecule has 0 radical (unpaired) electrons. The van der Waals surface area contributed by atoms with E-state index >= 15 is 0 Å². The van der Waals surface area contributed by atoms with Crippen LogP contribution in [0.2, 0.25) is 0 Å². The van der Waals surface area contributed by atoms with Crippen LogP contribution in [-0.2, 0) is 6.61 Å². The average molecular weight is 347 g/mol. The minimum absolute atomic E-state index is 0.191. The molecule has 3 aromatic carbocycles. The number of rotatable bonds is 6. The molecule has 0 aliphatic rings. The Morgan fingerprint density at radius 2 is 1.73 bits per heavy atom. The molecule has 132 valence electrons. The summed E-state index contributed by atoms with van der Waals surface area (Å²) in [6.45, 7) is 2.42. The first kappa shape index (κ1) is 17.5. The van der Waals surface area contributed by atoms with Crippen molar-refractivity contribution >= 4 is 11.6 Å². The van der Waals surface area contributed by atoms with E-state index in [0.717, 1.165) is 16.8 Å². The standard InChI is InChI=1S/C22H21NO3/c1-16-7-6-10-19(13-16)23-22(24)18-11-12-20(21(14-18)25-2)26-15-17-8-4-3-5-9-17/h3-14H,15H2,1-2H3,(H,23,24). The molecule has 26 heavy (non-hydrogen) atoms. The quantitative estimate of drug-likeness (QED) is 0.694. The first-order valence-corrected chi connectivity index (χ1v) is 8.38. The van der Waals surface area contributed by atoms with Gasteiger partial charge in [-0.25, -0.2) is 0 Å². The van der Waals surface area contributed by atoms with Crippen molar-refractivity contribution in [3.63, 3.8) is 0 Å². The largest absolute Gasteiger partial charge is 0.493 e. The van der Waals surface area contributed by atoms with Gasteiger partial charge in [0.1, 0.15) is 6.61 Å². The van der Waals surface area contributed by atoms with E-state index in [0.29, 0.717) is 23.7 Å². The molecule has 0 saturated carbocycles. The number of carbonyl (C=O) groups excluding carboxylic acids is 1. The summed E-state index contributed by atoms with van der Waals surface area (Å²) in [5.41, 5.74) is 3.43. The van der Waals surface area contributed by atoms with Crippen LogP contribution < -0.4 is 14.8 Å². The number of hydrogen-bond acceptors (Lipinski definition) is 3. The van der Waals surface area contributed by atoms with Gasteiger partial charge in [0.05, 0.1) is 7.11 Å². The Balaban J connectivity index is 1.72. The number of ether oxygens (including phenoxy) is 2. The van der Waals surface area contributed by atoms with E-state index < -0.39 is 0 Å². The van der Waals surface area contributed by atoms with Crippen molar-refractivity contribution in [1.82, 2.24) is 0 Å². The summed E-state index contributed by atoms with van der Waals surface area (Å²) >= 11 is 0. The van der Waals surface area contributed by atoms with Gasteiger partial charge in [-0.1, -0.05) is 42.5 Å². The molecular weight excluding hydrogens is 326 g/mol. The van der Waals surface area contributed by atoms with Crippen LogP contribution in [0.5, 0.6) is 11.5 Å². The third-order valence-electron chi connectivity index (χ3n) is 3.94. The van der Waals surface area contributed by atoms with Crippen molar-refractivity contribution in [2.45, 2.75) is 13.5 Å². The topological polar surface area (TPSA) is 47.6 Å². The molecule has 3 aromatic rings. The summed E-state index contributed by atoms with van der Waals surface area (Å²) in [5, 5.41) is 2.89. The second-order valence-corrected chi connectivity index (χ2v) is 5.96. The maximum Gasteiger partial charge on any atom is 0.255 e. The van der Waals surface area contributed by atoms with Crippen molar-refractivity contribution in [2.24, 2.45) is 0 Å². The first-order chi connectivity index (χ1) is 12.7. The maximum atomic E-state index is 12.5. The van der Waals surface area contributed by atoms with E-state index in [1.807, 2.05) is 61.5 Å². The lowest BCUT2D eigenvalue weighted by Gasteiger charge is -2.12. The molecule has 3 rings (SSSR count). The maximum absolute atomic E-state index is 12.5. The van der Waals surface area contributed by atoms with Crippen LogP contribution in [0.4, 0.5) is 5.69 Å². The molecule has 0 aliphatic carbocycles. The summed E-state index contributed by atoms with van der Waals surface area (Å²) in [4.78, 5) is 12.5. The highest BCUT2D eigenvalue weighted by Crippen LogP contribution is 2.29. The molecule has 0 aromatic heterocycles. The molecule has 0 atom stereocenters. The van der Waals surface area contributed by atoms with E-state index in [9.17, 15) is 4.79 Å². The van der Waals surface area contributed by atoms with Gasteiger partial charge in [0, 0.05) is 11.3 Å². The lowest BCUT2D eigenvalue weighted by Crippen LogP contribution is -2.12. The molecule has 1 N–H and O–H groups in total. The van der Waals surface area contributed by atoms with Crippen molar-refractivity contribution in [2.75, 3.05) is 12.4 Å². The highest BCUT2D eigenvalue weighted by atomic mass is 16.5. The molecule has 4 heteroatoms. The summed E-state index contributed by atoms with van der Waals surface area (Å²) in [7, 11) is 1.56. The fraction of sp³-hybridized carbons (Fsp3) is 0.136. The minimum Gasteiger partial charge on any atom is -0.493 e. The van der Waals surface area contributed by atoms with Gasteiger partial charge < -0.3 is 14.8 Å². The molecule has 0 fully saturated rings. The number of anilines is 1. The zero-order valence-electron chi connectivity index (χ0n) is 14.9. The number of methoxy groups -OCH3 is 1. The highest BCUT2D eigenvalue weighted by Gasteiger charge is 2.12. The van der Waals surface area contributed by atoms with Gasteiger partial charge >= 0.3 is 0 Å². The van der Waals surface area contributed by atoms with Crippen molar-refractivity contribution < 1.29 is 14.3 Å². The number of carbonyl (C=O) groups is 1. The molecule has 0 unspecified atom stereocenters. The lowest BCUT2D eigenvalue weighted by molar-refractivity contribution is 0.102. The van der Waals surface area contributed by atoms with Crippen molar-refractivity contribution in [3.05, 3.63) is 89.5 Å². The van der Waals surface area contributed by atoms with Gasteiger partial charge in [-0.2, -0.15) is 0 Å². The normalized spacial score (nSPS) is 10.2. The van der Waals surface area contributed by atoms with Crippen LogP contribution in [0.1, 0.15) is 21.5 Å². The minimum atomic E-state index is -0.191. The smallest absolute Gasteiger partial charge is 0.255 e. The molecule has 0 spiro atoms. The zero-order valence-corrected chi connectivity index (χ0v) is 14.9. The Labute approximate surface area is 153 Å². The molecule has 0 saturated heterocycles.